The summed E-state index contributed by atoms with van der Waals surface area (Å²) in [4.78, 5) is 11.1. The molecule has 12 heavy (non-hydrogen) atoms. The molecule has 0 amide bonds. The highest BCUT2D eigenvalue weighted by Crippen LogP contribution is 2.15. The molecule has 0 heterocycles. The standard InChI is InChI=1S/C9H17IO2/c1-4-5-6-8(11)12-9(10)7(2)3/h7,9H,4-6H2,1-3H3. The maximum Gasteiger partial charge on any atom is 0.306 e. The number of halogens is 1. The van der Waals surface area contributed by atoms with E-state index in [4.69, 9.17) is 4.74 Å². The summed E-state index contributed by atoms with van der Waals surface area (Å²) >= 11 is 2.16. The lowest BCUT2D eigenvalue weighted by atomic mass is 10.2. The van der Waals surface area contributed by atoms with Gasteiger partial charge in [-0.1, -0.05) is 27.2 Å². The van der Waals surface area contributed by atoms with Gasteiger partial charge in [-0.25, -0.2) is 0 Å². The molecule has 0 aromatic heterocycles. The molecule has 2 nitrogen and oxygen atoms in total. The van der Waals surface area contributed by atoms with Crippen LogP contribution in [-0.2, 0) is 9.53 Å². The minimum absolute atomic E-state index is 0.0203. The molecule has 0 saturated heterocycles. The summed E-state index contributed by atoms with van der Waals surface area (Å²) in [5.41, 5.74) is 0. The van der Waals surface area contributed by atoms with Crippen molar-refractivity contribution < 1.29 is 9.53 Å². The first-order valence-electron chi connectivity index (χ1n) is 4.41. The first kappa shape index (κ1) is 12.2. The summed E-state index contributed by atoms with van der Waals surface area (Å²) in [5.74, 6) is 0.334. The van der Waals surface area contributed by atoms with Gasteiger partial charge in [0.05, 0.1) is 0 Å². The topological polar surface area (TPSA) is 26.3 Å². The van der Waals surface area contributed by atoms with Crippen molar-refractivity contribution in [3.05, 3.63) is 0 Å². The van der Waals surface area contributed by atoms with E-state index in [0.29, 0.717) is 12.3 Å². The second-order valence-corrected chi connectivity index (χ2v) is 4.42. The number of ether oxygens (including phenoxy) is 1. The van der Waals surface area contributed by atoms with Crippen LogP contribution in [0.2, 0.25) is 0 Å². The molecule has 0 spiro atoms. The van der Waals surface area contributed by atoms with Crippen LogP contribution in [0.5, 0.6) is 0 Å². The van der Waals surface area contributed by atoms with Crippen molar-refractivity contribution in [2.45, 2.75) is 44.1 Å². The second kappa shape index (κ2) is 6.69. The Morgan fingerprint density at radius 1 is 1.50 bits per heavy atom. The summed E-state index contributed by atoms with van der Waals surface area (Å²) in [5, 5.41) is 0. The van der Waals surface area contributed by atoms with Gasteiger partial charge in [0, 0.05) is 6.42 Å². The van der Waals surface area contributed by atoms with Gasteiger partial charge in [0.15, 0.2) is 4.11 Å². The predicted octanol–water partition coefficient (Wildman–Crippen LogP) is 3.14. The molecule has 0 aromatic rings. The molecule has 1 unspecified atom stereocenters. The second-order valence-electron chi connectivity index (χ2n) is 3.19. The maximum absolute atomic E-state index is 11.1. The van der Waals surface area contributed by atoms with Gasteiger partial charge in [0.1, 0.15) is 0 Å². The minimum atomic E-state index is -0.0649. The largest absolute Gasteiger partial charge is 0.451 e. The third-order valence-electron chi connectivity index (χ3n) is 1.50. The molecule has 0 fully saturated rings. The third-order valence-corrected chi connectivity index (χ3v) is 3.20. The van der Waals surface area contributed by atoms with Crippen LogP contribution in [0.15, 0.2) is 0 Å². The molecule has 0 aliphatic rings. The van der Waals surface area contributed by atoms with Crippen LogP contribution in [0.25, 0.3) is 0 Å². The van der Waals surface area contributed by atoms with Crippen LogP contribution in [0, 0.1) is 5.92 Å². The van der Waals surface area contributed by atoms with Crippen LogP contribution < -0.4 is 0 Å². The van der Waals surface area contributed by atoms with E-state index >= 15 is 0 Å². The van der Waals surface area contributed by atoms with Crippen LogP contribution >= 0.6 is 22.6 Å². The molecule has 0 aromatic carbocycles. The van der Waals surface area contributed by atoms with Crippen molar-refractivity contribution in [3.8, 4) is 0 Å². The van der Waals surface area contributed by atoms with Gasteiger partial charge < -0.3 is 4.74 Å². The van der Waals surface area contributed by atoms with Crippen molar-refractivity contribution in [3.63, 3.8) is 0 Å². The Labute approximate surface area is 88.2 Å². The lowest BCUT2D eigenvalue weighted by Gasteiger charge is -2.14. The Bertz CT molecular complexity index is 134. The molecule has 72 valence electrons. The zero-order chi connectivity index (χ0) is 9.56. The molecule has 0 bridgehead atoms. The Balaban J connectivity index is 3.54. The molecule has 0 aliphatic carbocycles. The number of unbranched alkanes of at least 4 members (excludes halogenated alkanes) is 1. The van der Waals surface area contributed by atoms with E-state index in [1.807, 2.05) is 13.8 Å². The number of esters is 1. The summed E-state index contributed by atoms with van der Waals surface area (Å²) in [6.45, 7) is 6.16. The molecule has 0 saturated carbocycles. The number of hydrogen-bond donors (Lipinski definition) is 0. The Kier molecular flexibility index (Phi) is 6.80. The fourth-order valence-electron chi connectivity index (χ4n) is 0.642. The minimum Gasteiger partial charge on any atom is -0.451 e. The highest BCUT2D eigenvalue weighted by Gasteiger charge is 2.13. The molecule has 0 rings (SSSR count). The van der Waals surface area contributed by atoms with Crippen LogP contribution in [-0.4, -0.2) is 10.1 Å². The van der Waals surface area contributed by atoms with Gasteiger partial charge in [-0.2, -0.15) is 0 Å². The molecule has 1 atom stereocenters. The van der Waals surface area contributed by atoms with Gasteiger partial charge in [0.25, 0.3) is 0 Å². The zero-order valence-electron chi connectivity index (χ0n) is 7.97. The van der Waals surface area contributed by atoms with Crippen molar-refractivity contribution in [2.24, 2.45) is 5.92 Å². The number of alkyl halides is 1. The molecule has 3 heteroatoms. The predicted molar refractivity (Wildman–Crippen MR) is 58.3 cm³/mol. The van der Waals surface area contributed by atoms with Gasteiger partial charge in [-0.3, -0.25) is 4.79 Å². The Hall–Kier alpha value is 0.200. The van der Waals surface area contributed by atoms with E-state index in [0.717, 1.165) is 12.8 Å². The van der Waals surface area contributed by atoms with Crippen molar-refractivity contribution in [1.82, 2.24) is 0 Å². The van der Waals surface area contributed by atoms with E-state index in [1.165, 1.54) is 0 Å². The van der Waals surface area contributed by atoms with Gasteiger partial charge in [0.2, 0.25) is 0 Å². The van der Waals surface area contributed by atoms with Crippen molar-refractivity contribution >= 4 is 28.6 Å². The summed E-state index contributed by atoms with van der Waals surface area (Å²) in [6.07, 6.45) is 2.53. The van der Waals surface area contributed by atoms with Crippen LogP contribution in [0.1, 0.15) is 40.0 Å². The first-order valence-corrected chi connectivity index (χ1v) is 5.66. The van der Waals surface area contributed by atoms with E-state index < -0.39 is 0 Å². The Morgan fingerprint density at radius 2 is 2.08 bits per heavy atom. The van der Waals surface area contributed by atoms with E-state index in [1.54, 1.807) is 0 Å². The van der Waals surface area contributed by atoms with Gasteiger partial charge >= 0.3 is 5.97 Å². The van der Waals surface area contributed by atoms with Crippen molar-refractivity contribution in [2.75, 3.05) is 0 Å². The number of carbonyl (C=O) groups excluding carboxylic acids is 1. The zero-order valence-corrected chi connectivity index (χ0v) is 10.1. The SMILES string of the molecule is CCCCC(=O)OC(I)C(C)C. The average Bonchev–Trinajstić information content (AvgIpc) is 2.00. The average molecular weight is 284 g/mol. The lowest BCUT2D eigenvalue weighted by molar-refractivity contribution is -0.145. The van der Waals surface area contributed by atoms with E-state index in [-0.39, 0.29) is 10.1 Å². The maximum atomic E-state index is 11.1. The summed E-state index contributed by atoms with van der Waals surface area (Å²) in [6, 6.07) is 0. The van der Waals surface area contributed by atoms with Crippen LogP contribution in [0.3, 0.4) is 0 Å². The van der Waals surface area contributed by atoms with E-state index in [9.17, 15) is 4.79 Å². The van der Waals surface area contributed by atoms with Crippen molar-refractivity contribution in [1.29, 1.82) is 0 Å². The first-order chi connectivity index (χ1) is 5.57. The number of hydrogen-bond acceptors (Lipinski definition) is 2. The summed E-state index contributed by atoms with van der Waals surface area (Å²) in [7, 11) is 0. The molecular formula is C9H17IO2. The van der Waals surface area contributed by atoms with E-state index in [2.05, 4.69) is 29.5 Å². The molecule has 0 aliphatic heterocycles. The highest BCUT2D eigenvalue weighted by molar-refractivity contribution is 14.1. The lowest BCUT2D eigenvalue weighted by Crippen LogP contribution is -2.16. The normalized spacial score (nSPS) is 13.1. The fraction of sp³-hybridized carbons (Fsp3) is 0.889. The fourth-order valence-corrected chi connectivity index (χ4v) is 0.925. The van der Waals surface area contributed by atoms with Gasteiger partial charge in [-0.15, -0.1) is 0 Å². The van der Waals surface area contributed by atoms with Gasteiger partial charge in [-0.05, 0) is 34.9 Å². The monoisotopic (exact) mass is 284 g/mol. The molecule has 0 radical (unpaired) electrons. The summed E-state index contributed by atoms with van der Waals surface area (Å²) < 4.78 is 5.18. The highest BCUT2D eigenvalue weighted by atomic mass is 127. The third kappa shape index (κ3) is 5.80. The number of carbonyl (C=O) groups is 1. The van der Waals surface area contributed by atoms with Crippen LogP contribution in [0.4, 0.5) is 0 Å². The Morgan fingerprint density at radius 3 is 2.50 bits per heavy atom. The quantitative estimate of drug-likeness (QED) is 0.440. The smallest absolute Gasteiger partial charge is 0.306 e. The number of rotatable bonds is 5. The molecular weight excluding hydrogens is 267 g/mol. The molecule has 0 N–H and O–H groups in total.